The number of nitrogens with one attached hydrogen (secondary N) is 1. The zero-order chi connectivity index (χ0) is 14.0. The summed E-state index contributed by atoms with van der Waals surface area (Å²) in [6.45, 7) is 1.89. The molecule has 0 unspecified atom stereocenters. The second-order valence-electron chi connectivity index (χ2n) is 4.13. The van der Waals surface area contributed by atoms with E-state index in [-0.39, 0.29) is 16.5 Å². The molecule has 1 aliphatic heterocycles. The van der Waals surface area contributed by atoms with Gasteiger partial charge in [0.05, 0.1) is 26.6 Å². The Bertz CT molecular complexity index is 467. The van der Waals surface area contributed by atoms with Crippen LogP contribution in [0.4, 0.5) is 0 Å². The fourth-order valence-corrected chi connectivity index (χ4v) is 3.04. The highest BCUT2D eigenvalue weighted by molar-refractivity contribution is 8.01. The van der Waals surface area contributed by atoms with Crippen molar-refractivity contribution in [2.75, 3.05) is 21.3 Å². The zero-order valence-corrected chi connectivity index (χ0v) is 12.2. The zero-order valence-electron chi connectivity index (χ0n) is 11.4. The average Bonchev–Trinajstić information content (AvgIpc) is 2.76. The van der Waals surface area contributed by atoms with Gasteiger partial charge in [-0.05, 0) is 24.6 Å². The average molecular weight is 283 g/mol. The van der Waals surface area contributed by atoms with Gasteiger partial charge in [0, 0.05) is 0 Å². The molecule has 1 aromatic rings. The van der Waals surface area contributed by atoms with E-state index < -0.39 is 0 Å². The van der Waals surface area contributed by atoms with E-state index in [9.17, 15) is 4.79 Å². The van der Waals surface area contributed by atoms with Gasteiger partial charge in [0.2, 0.25) is 11.7 Å². The van der Waals surface area contributed by atoms with E-state index >= 15 is 0 Å². The molecule has 19 heavy (non-hydrogen) atoms. The van der Waals surface area contributed by atoms with Gasteiger partial charge in [-0.3, -0.25) is 4.79 Å². The molecule has 1 fully saturated rings. The van der Waals surface area contributed by atoms with Crippen molar-refractivity contribution in [3.05, 3.63) is 17.7 Å². The molecule has 0 bridgehead atoms. The summed E-state index contributed by atoms with van der Waals surface area (Å²) in [4.78, 5) is 11.6. The van der Waals surface area contributed by atoms with Crippen LogP contribution in [0.1, 0.15) is 17.9 Å². The molecule has 1 heterocycles. The van der Waals surface area contributed by atoms with Gasteiger partial charge in [0.1, 0.15) is 5.37 Å². The van der Waals surface area contributed by atoms with Gasteiger partial charge < -0.3 is 19.5 Å². The van der Waals surface area contributed by atoms with Crippen molar-refractivity contribution in [1.82, 2.24) is 5.32 Å². The summed E-state index contributed by atoms with van der Waals surface area (Å²) >= 11 is 1.57. The van der Waals surface area contributed by atoms with Gasteiger partial charge in [-0.15, -0.1) is 11.8 Å². The molecule has 104 valence electrons. The summed E-state index contributed by atoms with van der Waals surface area (Å²) in [6, 6.07) is 3.72. The Morgan fingerprint density at radius 2 is 1.68 bits per heavy atom. The van der Waals surface area contributed by atoms with Crippen molar-refractivity contribution in [3.63, 3.8) is 0 Å². The standard InChI is InChI=1S/C13H17NO4S/c1-7-12(15)14-13(19-7)8-5-9(16-2)11(18-4)10(6-8)17-3/h5-7,13H,1-4H3,(H,14,15)/t7-,13-/m1/s1. The summed E-state index contributed by atoms with van der Waals surface area (Å²) in [7, 11) is 4.71. The molecule has 0 spiro atoms. The maximum Gasteiger partial charge on any atom is 0.234 e. The number of ether oxygens (including phenoxy) is 3. The van der Waals surface area contributed by atoms with Crippen LogP contribution in [-0.2, 0) is 4.79 Å². The lowest BCUT2D eigenvalue weighted by molar-refractivity contribution is -0.119. The van der Waals surface area contributed by atoms with Gasteiger partial charge >= 0.3 is 0 Å². The molecule has 1 aliphatic rings. The summed E-state index contributed by atoms with van der Waals surface area (Å²) in [5.41, 5.74) is 0.928. The Labute approximate surface area is 116 Å². The topological polar surface area (TPSA) is 56.8 Å². The Morgan fingerprint density at radius 3 is 2.05 bits per heavy atom. The van der Waals surface area contributed by atoms with Crippen LogP contribution >= 0.6 is 11.8 Å². The quantitative estimate of drug-likeness (QED) is 0.915. The predicted octanol–water partition coefficient (Wildman–Crippen LogP) is 1.96. The largest absolute Gasteiger partial charge is 0.493 e. The molecule has 2 atom stereocenters. The van der Waals surface area contributed by atoms with Gasteiger partial charge in [-0.25, -0.2) is 0 Å². The fourth-order valence-electron chi connectivity index (χ4n) is 1.96. The Balaban J connectivity index is 2.39. The van der Waals surface area contributed by atoms with Crippen LogP contribution in [0.5, 0.6) is 17.2 Å². The number of hydrogen-bond donors (Lipinski definition) is 1. The lowest BCUT2D eigenvalue weighted by Crippen LogP contribution is -2.22. The van der Waals surface area contributed by atoms with Crippen LogP contribution in [0.25, 0.3) is 0 Å². The van der Waals surface area contributed by atoms with Crippen molar-refractivity contribution in [3.8, 4) is 17.2 Å². The molecular weight excluding hydrogens is 266 g/mol. The number of methoxy groups -OCH3 is 3. The number of amides is 1. The molecule has 1 saturated heterocycles. The number of hydrogen-bond acceptors (Lipinski definition) is 5. The summed E-state index contributed by atoms with van der Waals surface area (Å²) in [6.07, 6.45) is 0. The minimum atomic E-state index is -0.0868. The molecule has 0 aromatic heterocycles. The molecule has 5 nitrogen and oxygen atoms in total. The highest BCUT2D eigenvalue weighted by Gasteiger charge is 2.31. The lowest BCUT2D eigenvalue weighted by Gasteiger charge is -2.16. The Kier molecular flexibility index (Phi) is 4.09. The first kappa shape index (κ1) is 13.9. The molecule has 1 amide bonds. The normalized spacial score (nSPS) is 22.0. The van der Waals surface area contributed by atoms with Crippen LogP contribution in [0.15, 0.2) is 12.1 Å². The molecule has 0 aliphatic carbocycles. The minimum Gasteiger partial charge on any atom is -0.493 e. The monoisotopic (exact) mass is 283 g/mol. The van der Waals surface area contributed by atoms with E-state index in [0.717, 1.165) is 5.56 Å². The number of carbonyl (C=O) groups excluding carboxylic acids is 1. The summed E-state index contributed by atoms with van der Waals surface area (Å²) < 4.78 is 15.9. The highest BCUT2D eigenvalue weighted by Crippen LogP contribution is 2.43. The van der Waals surface area contributed by atoms with Gasteiger partial charge in [-0.1, -0.05) is 0 Å². The first-order valence-corrected chi connectivity index (χ1v) is 6.80. The third-order valence-electron chi connectivity index (χ3n) is 2.97. The number of benzene rings is 1. The summed E-state index contributed by atoms with van der Waals surface area (Å²) in [5, 5.41) is 2.79. The van der Waals surface area contributed by atoms with E-state index in [1.165, 1.54) is 0 Å². The van der Waals surface area contributed by atoms with Gasteiger partial charge in [0.25, 0.3) is 0 Å². The molecule has 6 heteroatoms. The molecule has 1 N–H and O–H groups in total. The van der Waals surface area contributed by atoms with Crippen LogP contribution < -0.4 is 19.5 Å². The Hall–Kier alpha value is -1.56. The van der Waals surface area contributed by atoms with Crippen LogP contribution in [-0.4, -0.2) is 32.5 Å². The molecule has 1 aromatic carbocycles. The van der Waals surface area contributed by atoms with Crippen molar-refractivity contribution in [2.24, 2.45) is 0 Å². The Morgan fingerprint density at radius 1 is 1.11 bits per heavy atom. The maximum absolute atomic E-state index is 11.6. The predicted molar refractivity (Wildman–Crippen MR) is 74.0 cm³/mol. The first-order valence-electron chi connectivity index (χ1n) is 5.86. The molecule has 0 saturated carbocycles. The lowest BCUT2D eigenvalue weighted by atomic mass is 10.1. The second-order valence-corrected chi connectivity index (χ2v) is 5.58. The number of carbonyl (C=O) groups is 1. The molecular formula is C13H17NO4S. The number of rotatable bonds is 4. The highest BCUT2D eigenvalue weighted by atomic mass is 32.2. The minimum absolute atomic E-state index is 0.0451. The van der Waals surface area contributed by atoms with E-state index in [4.69, 9.17) is 14.2 Å². The third-order valence-corrected chi connectivity index (χ3v) is 4.26. The maximum atomic E-state index is 11.6. The van der Waals surface area contributed by atoms with Crippen molar-refractivity contribution < 1.29 is 19.0 Å². The smallest absolute Gasteiger partial charge is 0.234 e. The number of thioether (sulfide) groups is 1. The van der Waals surface area contributed by atoms with Crippen molar-refractivity contribution in [1.29, 1.82) is 0 Å². The van der Waals surface area contributed by atoms with E-state index in [2.05, 4.69) is 5.32 Å². The van der Waals surface area contributed by atoms with Crippen LogP contribution in [0.2, 0.25) is 0 Å². The van der Waals surface area contributed by atoms with E-state index in [0.29, 0.717) is 17.2 Å². The van der Waals surface area contributed by atoms with Gasteiger partial charge in [-0.2, -0.15) is 0 Å². The van der Waals surface area contributed by atoms with Gasteiger partial charge in [0.15, 0.2) is 11.5 Å². The molecule has 0 radical (unpaired) electrons. The molecule has 2 rings (SSSR count). The first-order chi connectivity index (χ1) is 9.10. The SMILES string of the molecule is COc1cc([C@@H]2NC(=O)[C@@H](C)S2)cc(OC)c1OC. The third kappa shape index (κ3) is 2.58. The second kappa shape index (κ2) is 5.61. The fraction of sp³-hybridized carbons (Fsp3) is 0.462. The van der Waals surface area contributed by atoms with E-state index in [1.54, 1.807) is 33.1 Å². The van der Waals surface area contributed by atoms with Crippen molar-refractivity contribution in [2.45, 2.75) is 17.5 Å². The van der Waals surface area contributed by atoms with Crippen molar-refractivity contribution >= 4 is 17.7 Å². The van der Waals surface area contributed by atoms with Crippen LogP contribution in [0, 0.1) is 0 Å². The summed E-state index contributed by atoms with van der Waals surface area (Å²) in [5.74, 6) is 1.78. The van der Waals surface area contributed by atoms with E-state index in [1.807, 2.05) is 19.1 Å². The van der Waals surface area contributed by atoms with Crippen LogP contribution in [0.3, 0.4) is 0 Å².